The summed E-state index contributed by atoms with van der Waals surface area (Å²) in [6.45, 7) is 6.90. The molecule has 1 aromatic carbocycles. The summed E-state index contributed by atoms with van der Waals surface area (Å²) >= 11 is 4.98. The standard InChI is InChI=1S/C23H25BrN2OS/c1-4-23(2,3)16-8-11-18-19(14-25)22(28-20(18)13-16)26-21(27)12-7-15-5-9-17(24)10-6-15/h5-7,9-10,12,16H,4,8,11,13H2,1-3H3,(H,26,27)/b12-7+. The minimum atomic E-state index is -0.205. The first-order chi connectivity index (χ1) is 13.3. The van der Waals surface area contributed by atoms with Crippen LogP contribution < -0.4 is 5.32 Å². The maximum absolute atomic E-state index is 12.4. The Morgan fingerprint density at radius 2 is 2.11 bits per heavy atom. The molecule has 0 saturated heterocycles. The van der Waals surface area contributed by atoms with Gasteiger partial charge in [-0.3, -0.25) is 4.79 Å². The van der Waals surface area contributed by atoms with Crippen LogP contribution >= 0.6 is 27.3 Å². The van der Waals surface area contributed by atoms with Crippen LogP contribution in [0.25, 0.3) is 6.08 Å². The van der Waals surface area contributed by atoms with Crippen molar-refractivity contribution in [2.75, 3.05) is 5.32 Å². The molecular weight excluding hydrogens is 432 g/mol. The van der Waals surface area contributed by atoms with E-state index in [1.807, 2.05) is 24.3 Å². The van der Waals surface area contributed by atoms with Crippen molar-refractivity contribution >= 4 is 44.3 Å². The number of thiophene rings is 1. The minimum absolute atomic E-state index is 0.205. The van der Waals surface area contributed by atoms with Gasteiger partial charge in [-0.2, -0.15) is 5.26 Å². The topological polar surface area (TPSA) is 52.9 Å². The van der Waals surface area contributed by atoms with Crippen molar-refractivity contribution in [2.24, 2.45) is 11.3 Å². The number of carbonyl (C=O) groups is 1. The fourth-order valence-corrected chi connectivity index (χ4v) is 5.19. The highest BCUT2D eigenvalue weighted by molar-refractivity contribution is 9.10. The molecule has 0 spiro atoms. The lowest BCUT2D eigenvalue weighted by molar-refractivity contribution is -0.111. The molecule has 1 aromatic heterocycles. The van der Waals surface area contributed by atoms with Gasteiger partial charge in [0.1, 0.15) is 11.1 Å². The van der Waals surface area contributed by atoms with Gasteiger partial charge in [0.15, 0.2) is 0 Å². The summed E-state index contributed by atoms with van der Waals surface area (Å²) in [5.74, 6) is 0.416. The first kappa shape index (κ1) is 20.8. The van der Waals surface area contributed by atoms with Crippen molar-refractivity contribution in [1.29, 1.82) is 5.26 Å². The van der Waals surface area contributed by atoms with Gasteiger partial charge in [-0.15, -0.1) is 11.3 Å². The fraction of sp³-hybridized carbons (Fsp3) is 0.391. The van der Waals surface area contributed by atoms with Gasteiger partial charge in [-0.1, -0.05) is 55.3 Å². The predicted octanol–water partition coefficient (Wildman–Crippen LogP) is 6.58. The van der Waals surface area contributed by atoms with Crippen molar-refractivity contribution in [3.8, 4) is 6.07 Å². The van der Waals surface area contributed by atoms with E-state index in [9.17, 15) is 10.1 Å². The summed E-state index contributed by atoms with van der Waals surface area (Å²) in [6.07, 6.45) is 7.48. The molecule has 0 saturated carbocycles. The second-order valence-electron chi connectivity index (χ2n) is 7.98. The highest BCUT2D eigenvalue weighted by Gasteiger charge is 2.33. The number of nitrogens with zero attached hydrogens (tertiary/aromatic N) is 1. The zero-order chi connectivity index (χ0) is 20.3. The average Bonchev–Trinajstić information content (AvgIpc) is 3.03. The lowest BCUT2D eigenvalue weighted by Gasteiger charge is -2.36. The average molecular weight is 457 g/mol. The van der Waals surface area contributed by atoms with E-state index >= 15 is 0 Å². The molecule has 1 aliphatic carbocycles. The van der Waals surface area contributed by atoms with Crippen LogP contribution in [0.5, 0.6) is 0 Å². The van der Waals surface area contributed by atoms with Gasteiger partial charge in [0.2, 0.25) is 5.91 Å². The summed E-state index contributed by atoms with van der Waals surface area (Å²) < 4.78 is 1.00. The number of fused-ring (bicyclic) bond motifs is 1. The lowest BCUT2D eigenvalue weighted by Crippen LogP contribution is -2.28. The second-order valence-corrected chi connectivity index (χ2v) is 10.00. The van der Waals surface area contributed by atoms with Crippen molar-refractivity contribution in [2.45, 2.75) is 46.5 Å². The number of carbonyl (C=O) groups excluding carboxylic acids is 1. The van der Waals surface area contributed by atoms with Crippen LogP contribution in [-0.2, 0) is 17.6 Å². The smallest absolute Gasteiger partial charge is 0.249 e. The van der Waals surface area contributed by atoms with E-state index in [4.69, 9.17) is 0 Å². The van der Waals surface area contributed by atoms with E-state index in [-0.39, 0.29) is 5.91 Å². The van der Waals surface area contributed by atoms with Crippen LogP contribution in [0.4, 0.5) is 5.00 Å². The molecule has 1 amide bonds. The Morgan fingerprint density at radius 3 is 2.75 bits per heavy atom. The van der Waals surface area contributed by atoms with Gasteiger partial charge in [0.05, 0.1) is 5.56 Å². The molecule has 28 heavy (non-hydrogen) atoms. The molecule has 1 aliphatic rings. The quantitative estimate of drug-likeness (QED) is 0.516. The minimum Gasteiger partial charge on any atom is -0.313 e. The van der Waals surface area contributed by atoms with Gasteiger partial charge in [0, 0.05) is 15.4 Å². The zero-order valence-electron chi connectivity index (χ0n) is 16.5. The Labute approximate surface area is 179 Å². The van der Waals surface area contributed by atoms with Crippen LogP contribution in [-0.4, -0.2) is 5.91 Å². The number of halogens is 1. The number of nitrogens with one attached hydrogen (secondary N) is 1. The molecular formula is C23H25BrN2OS. The second kappa shape index (κ2) is 8.63. The summed E-state index contributed by atoms with van der Waals surface area (Å²) in [7, 11) is 0. The monoisotopic (exact) mass is 456 g/mol. The number of amides is 1. The normalized spacial score (nSPS) is 16.6. The molecule has 0 fully saturated rings. The van der Waals surface area contributed by atoms with Gasteiger partial charge < -0.3 is 5.32 Å². The van der Waals surface area contributed by atoms with Crippen molar-refractivity contribution in [3.63, 3.8) is 0 Å². The molecule has 3 nitrogen and oxygen atoms in total. The van der Waals surface area contributed by atoms with E-state index in [0.717, 1.165) is 41.3 Å². The SMILES string of the molecule is CCC(C)(C)C1CCc2c(sc(NC(=O)/C=C/c3ccc(Br)cc3)c2C#N)C1. The third kappa shape index (κ3) is 4.56. The molecule has 0 radical (unpaired) electrons. The molecule has 146 valence electrons. The Balaban J connectivity index is 1.76. The van der Waals surface area contributed by atoms with Crippen LogP contribution in [0.1, 0.15) is 55.2 Å². The van der Waals surface area contributed by atoms with Crippen molar-refractivity contribution < 1.29 is 4.79 Å². The third-order valence-corrected chi connectivity index (χ3v) is 7.63. The van der Waals surface area contributed by atoms with Gasteiger partial charge >= 0.3 is 0 Å². The Morgan fingerprint density at radius 1 is 1.39 bits per heavy atom. The van der Waals surface area contributed by atoms with Crippen LogP contribution in [0.15, 0.2) is 34.8 Å². The Kier molecular flexibility index (Phi) is 6.42. The predicted molar refractivity (Wildman–Crippen MR) is 120 cm³/mol. The van der Waals surface area contributed by atoms with Gasteiger partial charge in [0.25, 0.3) is 0 Å². The van der Waals surface area contributed by atoms with Crippen LogP contribution in [0.3, 0.4) is 0 Å². The van der Waals surface area contributed by atoms with Crippen molar-refractivity contribution in [3.05, 3.63) is 56.4 Å². The Bertz CT molecular complexity index is 935. The molecule has 1 N–H and O–H groups in total. The molecule has 1 heterocycles. The van der Waals surface area contributed by atoms with E-state index in [2.05, 4.69) is 48.1 Å². The van der Waals surface area contributed by atoms with E-state index in [1.165, 1.54) is 11.0 Å². The van der Waals surface area contributed by atoms with E-state index in [1.54, 1.807) is 17.4 Å². The number of hydrogen-bond donors (Lipinski definition) is 1. The third-order valence-electron chi connectivity index (χ3n) is 5.93. The fourth-order valence-electron chi connectivity index (χ4n) is 3.65. The molecule has 1 atom stereocenters. The highest BCUT2D eigenvalue weighted by atomic mass is 79.9. The van der Waals surface area contributed by atoms with Gasteiger partial charge in [-0.25, -0.2) is 0 Å². The summed E-state index contributed by atoms with van der Waals surface area (Å²) in [5, 5.41) is 13.3. The highest BCUT2D eigenvalue weighted by Crippen LogP contribution is 2.45. The first-order valence-corrected chi connectivity index (χ1v) is 11.2. The lowest BCUT2D eigenvalue weighted by atomic mass is 9.69. The zero-order valence-corrected chi connectivity index (χ0v) is 18.9. The maximum atomic E-state index is 12.4. The van der Waals surface area contributed by atoms with Gasteiger partial charge in [-0.05, 0) is 59.9 Å². The molecule has 0 bridgehead atoms. The van der Waals surface area contributed by atoms with Crippen LogP contribution in [0.2, 0.25) is 0 Å². The number of anilines is 1. The molecule has 0 aliphatic heterocycles. The summed E-state index contributed by atoms with van der Waals surface area (Å²) in [6, 6.07) is 10.1. The molecule has 3 rings (SSSR count). The number of benzene rings is 1. The van der Waals surface area contributed by atoms with Crippen LogP contribution in [0, 0.1) is 22.7 Å². The number of nitriles is 1. The first-order valence-electron chi connectivity index (χ1n) is 9.63. The summed E-state index contributed by atoms with van der Waals surface area (Å²) in [4.78, 5) is 13.7. The number of rotatable bonds is 5. The van der Waals surface area contributed by atoms with E-state index < -0.39 is 0 Å². The van der Waals surface area contributed by atoms with Crippen molar-refractivity contribution in [1.82, 2.24) is 0 Å². The Hall–Kier alpha value is -1.90. The maximum Gasteiger partial charge on any atom is 0.249 e. The molecule has 5 heteroatoms. The molecule has 2 aromatic rings. The number of hydrogen-bond acceptors (Lipinski definition) is 3. The van der Waals surface area contributed by atoms with E-state index in [0.29, 0.717) is 21.9 Å². The molecule has 1 unspecified atom stereocenters. The largest absolute Gasteiger partial charge is 0.313 e. The summed E-state index contributed by atoms with van der Waals surface area (Å²) in [5.41, 5.74) is 3.04.